The summed E-state index contributed by atoms with van der Waals surface area (Å²) in [4.78, 5) is 25.6. The number of anilines is 1. The number of pyridine rings is 2. The molecule has 1 aliphatic heterocycles. The smallest absolute Gasteiger partial charge is 0.309 e. The molecule has 0 atom stereocenters. The summed E-state index contributed by atoms with van der Waals surface area (Å²) in [6.07, 6.45) is 0.0328. The Labute approximate surface area is 193 Å². The Kier molecular flexibility index (Phi) is 6.24. The van der Waals surface area contributed by atoms with Gasteiger partial charge in [-0.15, -0.1) is 0 Å². The molecule has 5 nitrogen and oxygen atoms in total. The van der Waals surface area contributed by atoms with Gasteiger partial charge < -0.3 is 4.90 Å². The zero-order chi connectivity index (χ0) is 24.0. The van der Waals surface area contributed by atoms with Crippen LogP contribution < -0.4 is 4.90 Å². The fourth-order valence-electron chi connectivity index (χ4n) is 5.15. The first-order valence-electron chi connectivity index (χ1n) is 11.5. The molecule has 178 valence electrons. The lowest BCUT2D eigenvalue weighted by atomic mass is 9.84. The lowest BCUT2D eigenvalue weighted by Gasteiger charge is -2.35. The summed E-state index contributed by atoms with van der Waals surface area (Å²) in [5, 5.41) is 0. The van der Waals surface area contributed by atoms with Gasteiger partial charge >= 0.3 is 6.18 Å². The third-order valence-corrected chi connectivity index (χ3v) is 6.98. The van der Waals surface area contributed by atoms with Crippen LogP contribution in [0.15, 0.2) is 30.5 Å². The summed E-state index contributed by atoms with van der Waals surface area (Å²) >= 11 is 0. The summed E-state index contributed by atoms with van der Waals surface area (Å²) in [7, 11) is 1.94. The maximum absolute atomic E-state index is 13.4. The van der Waals surface area contributed by atoms with Crippen LogP contribution in [0.5, 0.6) is 0 Å². The Morgan fingerprint density at radius 3 is 2.55 bits per heavy atom. The molecule has 0 aromatic carbocycles. The van der Waals surface area contributed by atoms with Crippen LogP contribution in [0, 0.1) is 12.8 Å². The van der Waals surface area contributed by atoms with E-state index in [-0.39, 0.29) is 23.3 Å². The van der Waals surface area contributed by atoms with Gasteiger partial charge in [0, 0.05) is 42.4 Å². The van der Waals surface area contributed by atoms with Crippen molar-refractivity contribution in [2.45, 2.75) is 70.6 Å². The molecule has 8 heteroatoms. The van der Waals surface area contributed by atoms with Crippen LogP contribution in [0.1, 0.15) is 62.2 Å². The molecule has 4 rings (SSSR count). The number of fused-ring (bicyclic) bond motifs is 1. The van der Waals surface area contributed by atoms with Crippen molar-refractivity contribution >= 4 is 11.6 Å². The number of nitrogens with zero attached hydrogens (tertiary/aromatic N) is 4. The number of alkyl halides is 3. The van der Waals surface area contributed by atoms with Crippen molar-refractivity contribution in [3.05, 3.63) is 53.1 Å². The van der Waals surface area contributed by atoms with Crippen LogP contribution in [-0.2, 0) is 22.9 Å². The topological polar surface area (TPSA) is 49.3 Å². The van der Waals surface area contributed by atoms with Gasteiger partial charge in [0.2, 0.25) is 5.91 Å². The molecular formula is C25H31F3N4O. The lowest BCUT2D eigenvalue weighted by molar-refractivity contribution is -0.141. The second-order valence-corrected chi connectivity index (χ2v) is 10.1. The summed E-state index contributed by atoms with van der Waals surface area (Å²) in [5.74, 6) is 0.132. The van der Waals surface area contributed by atoms with E-state index < -0.39 is 11.9 Å². The fraction of sp³-hybridized carbons (Fsp3) is 0.560. The van der Waals surface area contributed by atoms with Gasteiger partial charge in [0.15, 0.2) is 0 Å². The molecule has 0 bridgehead atoms. The Morgan fingerprint density at radius 2 is 1.88 bits per heavy atom. The molecular weight excluding hydrogens is 429 g/mol. The second kappa shape index (κ2) is 8.70. The Bertz CT molecular complexity index is 1030. The highest BCUT2D eigenvalue weighted by molar-refractivity contribution is 5.97. The number of amides is 1. The van der Waals surface area contributed by atoms with Gasteiger partial charge in [-0.3, -0.25) is 19.7 Å². The Hall–Kier alpha value is -2.48. The number of halogens is 3. The van der Waals surface area contributed by atoms with Crippen molar-refractivity contribution in [2.75, 3.05) is 18.5 Å². The number of hydrogen-bond acceptors (Lipinski definition) is 4. The van der Waals surface area contributed by atoms with Gasteiger partial charge in [-0.2, -0.15) is 13.2 Å². The molecule has 3 heterocycles. The molecule has 0 unspecified atom stereocenters. The first-order chi connectivity index (χ1) is 15.5. The molecule has 33 heavy (non-hydrogen) atoms. The number of hydrogen-bond donors (Lipinski definition) is 0. The van der Waals surface area contributed by atoms with E-state index in [1.807, 2.05) is 31.0 Å². The minimum Gasteiger partial charge on any atom is -0.309 e. The molecule has 0 N–H and O–H groups in total. The number of aryl methyl sites for hydroxylation is 1. The van der Waals surface area contributed by atoms with Crippen LogP contribution in [0.2, 0.25) is 0 Å². The van der Waals surface area contributed by atoms with Crippen molar-refractivity contribution in [1.29, 1.82) is 0 Å². The van der Waals surface area contributed by atoms with E-state index >= 15 is 0 Å². The Balaban J connectivity index is 1.37. The van der Waals surface area contributed by atoms with Gasteiger partial charge in [-0.25, -0.2) is 0 Å². The largest absolute Gasteiger partial charge is 0.433 e. The van der Waals surface area contributed by atoms with E-state index in [0.717, 1.165) is 48.8 Å². The van der Waals surface area contributed by atoms with Crippen molar-refractivity contribution < 1.29 is 18.0 Å². The van der Waals surface area contributed by atoms with Crippen molar-refractivity contribution in [2.24, 2.45) is 5.92 Å². The molecule has 2 aromatic heterocycles. The average molecular weight is 461 g/mol. The van der Waals surface area contributed by atoms with E-state index in [1.165, 1.54) is 6.20 Å². The number of aromatic nitrogens is 2. The molecule has 0 radical (unpaired) electrons. The maximum Gasteiger partial charge on any atom is 0.433 e. The van der Waals surface area contributed by atoms with Gasteiger partial charge in [0.05, 0.1) is 11.4 Å². The molecule has 2 aromatic rings. The monoisotopic (exact) mass is 460 g/mol. The zero-order valence-electron chi connectivity index (χ0n) is 19.6. The fourth-order valence-corrected chi connectivity index (χ4v) is 5.15. The maximum atomic E-state index is 13.4. The van der Waals surface area contributed by atoms with Crippen LogP contribution in [0.25, 0.3) is 0 Å². The van der Waals surface area contributed by atoms with Gasteiger partial charge in [0.25, 0.3) is 0 Å². The van der Waals surface area contributed by atoms with Gasteiger partial charge in [-0.05, 0) is 69.5 Å². The summed E-state index contributed by atoms with van der Waals surface area (Å²) in [6, 6.07) is 6.95. The molecule has 2 aliphatic rings. The highest BCUT2D eigenvalue weighted by Gasteiger charge is 2.42. The highest BCUT2D eigenvalue weighted by atomic mass is 19.4. The first kappa shape index (κ1) is 23.7. The normalized spacial score (nSPS) is 22.5. The third kappa shape index (κ3) is 4.90. The van der Waals surface area contributed by atoms with Crippen LogP contribution in [0.3, 0.4) is 0 Å². The molecule has 1 amide bonds. The average Bonchev–Trinajstić information content (AvgIpc) is 3.03. The van der Waals surface area contributed by atoms with Crippen molar-refractivity contribution in [3.8, 4) is 0 Å². The summed E-state index contributed by atoms with van der Waals surface area (Å²) < 4.78 is 38.9. The van der Waals surface area contributed by atoms with Gasteiger partial charge in [0.1, 0.15) is 5.69 Å². The van der Waals surface area contributed by atoms with E-state index in [9.17, 15) is 18.0 Å². The standard InChI is InChI=1S/C25H31F3N4O/c1-16-5-10-20-22(30-16)24(2,3)15-32(20)23(33)18-6-8-19(9-7-18)31(4)14-17-11-12-29-21(13-17)25(26,27)28/h5,10-13,18-19H,6-9,14-15H2,1-4H3. The third-order valence-electron chi connectivity index (χ3n) is 6.98. The second-order valence-electron chi connectivity index (χ2n) is 10.1. The summed E-state index contributed by atoms with van der Waals surface area (Å²) in [5.41, 5.74) is 2.43. The minimum atomic E-state index is -4.44. The molecule has 0 spiro atoms. The van der Waals surface area contributed by atoms with Crippen LogP contribution in [-0.4, -0.2) is 40.4 Å². The van der Waals surface area contributed by atoms with E-state index in [2.05, 4.69) is 23.7 Å². The van der Waals surface area contributed by atoms with Crippen LogP contribution in [0.4, 0.5) is 18.9 Å². The van der Waals surface area contributed by atoms with E-state index in [4.69, 9.17) is 4.98 Å². The molecule has 1 fully saturated rings. The summed E-state index contributed by atoms with van der Waals surface area (Å²) in [6.45, 7) is 7.28. The highest BCUT2D eigenvalue weighted by Crippen LogP contribution is 2.41. The predicted octanol–water partition coefficient (Wildman–Crippen LogP) is 5.12. The number of carbonyl (C=O) groups is 1. The van der Waals surface area contributed by atoms with Crippen molar-refractivity contribution in [3.63, 3.8) is 0 Å². The number of carbonyl (C=O) groups excluding carboxylic acids is 1. The Morgan fingerprint density at radius 1 is 1.18 bits per heavy atom. The molecule has 1 saturated carbocycles. The minimum absolute atomic E-state index is 0.0320. The van der Waals surface area contributed by atoms with Crippen molar-refractivity contribution in [1.82, 2.24) is 14.9 Å². The zero-order valence-corrected chi connectivity index (χ0v) is 19.6. The molecule has 0 saturated heterocycles. The van der Waals surface area contributed by atoms with Gasteiger partial charge in [-0.1, -0.05) is 13.8 Å². The lowest BCUT2D eigenvalue weighted by Crippen LogP contribution is -2.42. The molecule has 1 aliphatic carbocycles. The SMILES string of the molecule is Cc1ccc2c(n1)C(C)(C)CN2C(=O)C1CCC(N(C)Cc2ccnc(C(F)(F)F)c2)CC1. The first-order valence-corrected chi connectivity index (χ1v) is 11.5. The number of rotatable bonds is 4. The van der Waals surface area contributed by atoms with E-state index in [0.29, 0.717) is 18.7 Å². The van der Waals surface area contributed by atoms with Crippen LogP contribution >= 0.6 is 0 Å². The quantitative estimate of drug-likeness (QED) is 0.636. The predicted molar refractivity (Wildman–Crippen MR) is 121 cm³/mol. The van der Waals surface area contributed by atoms with E-state index in [1.54, 1.807) is 6.07 Å².